The van der Waals surface area contributed by atoms with Gasteiger partial charge in [-0.2, -0.15) is 4.31 Å². The molecular formula is C11H16N2O3S. The molecule has 5 nitrogen and oxygen atoms in total. The number of nitrogens with zero attached hydrogens (tertiary/aromatic N) is 1. The zero-order valence-electron chi connectivity index (χ0n) is 9.72. The first-order valence-electron chi connectivity index (χ1n) is 5.49. The van der Waals surface area contributed by atoms with Crippen molar-refractivity contribution in [2.24, 2.45) is 0 Å². The quantitative estimate of drug-likeness (QED) is 0.821. The van der Waals surface area contributed by atoms with E-state index in [4.69, 9.17) is 10.5 Å². The normalized spacial score (nSPS) is 17.2. The Hall–Kier alpha value is -1.27. The maximum Gasteiger partial charge on any atom is 0.245 e. The van der Waals surface area contributed by atoms with Crippen LogP contribution in [0.15, 0.2) is 23.1 Å². The first-order chi connectivity index (χ1) is 8.05. The second-order valence-corrected chi connectivity index (χ2v) is 5.92. The van der Waals surface area contributed by atoms with Crippen molar-refractivity contribution in [3.63, 3.8) is 0 Å². The van der Waals surface area contributed by atoms with Crippen molar-refractivity contribution in [2.45, 2.75) is 17.7 Å². The summed E-state index contributed by atoms with van der Waals surface area (Å²) in [6.45, 7) is 1.15. The van der Waals surface area contributed by atoms with Gasteiger partial charge in [0.15, 0.2) is 0 Å². The molecule has 0 bridgehead atoms. The lowest BCUT2D eigenvalue weighted by atomic mass is 10.3. The van der Waals surface area contributed by atoms with E-state index >= 15 is 0 Å². The number of methoxy groups -OCH3 is 1. The Labute approximate surface area is 101 Å². The molecule has 94 valence electrons. The fourth-order valence-corrected chi connectivity index (χ4v) is 3.57. The lowest BCUT2D eigenvalue weighted by molar-refractivity contribution is 0.414. The summed E-state index contributed by atoms with van der Waals surface area (Å²) in [5.41, 5.74) is 6.00. The number of nitrogen functional groups attached to an aromatic ring is 1. The molecule has 0 spiro atoms. The zero-order valence-corrected chi connectivity index (χ0v) is 10.5. The monoisotopic (exact) mass is 256 g/mol. The third-order valence-corrected chi connectivity index (χ3v) is 4.87. The molecule has 1 aromatic rings. The lowest BCUT2D eigenvalue weighted by Crippen LogP contribution is -2.28. The van der Waals surface area contributed by atoms with Crippen molar-refractivity contribution in [3.8, 4) is 5.75 Å². The predicted molar refractivity (Wildman–Crippen MR) is 65.4 cm³/mol. The van der Waals surface area contributed by atoms with Crippen LogP contribution < -0.4 is 10.5 Å². The van der Waals surface area contributed by atoms with Gasteiger partial charge < -0.3 is 10.5 Å². The van der Waals surface area contributed by atoms with Crippen molar-refractivity contribution >= 4 is 15.7 Å². The molecule has 0 atom stereocenters. The highest BCUT2D eigenvalue weighted by molar-refractivity contribution is 7.89. The van der Waals surface area contributed by atoms with E-state index in [2.05, 4.69) is 0 Å². The predicted octanol–water partition coefficient (Wildman–Crippen LogP) is 1.06. The molecule has 0 aromatic heterocycles. The van der Waals surface area contributed by atoms with Crippen LogP contribution in [-0.4, -0.2) is 32.9 Å². The van der Waals surface area contributed by atoms with Crippen LogP contribution >= 0.6 is 0 Å². The van der Waals surface area contributed by atoms with Gasteiger partial charge in [-0.3, -0.25) is 0 Å². The lowest BCUT2D eigenvalue weighted by Gasteiger charge is -2.17. The maximum absolute atomic E-state index is 12.3. The summed E-state index contributed by atoms with van der Waals surface area (Å²) in [6.07, 6.45) is 1.82. The number of nitrogens with two attached hydrogens (primary N) is 1. The van der Waals surface area contributed by atoms with Crippen LogP contribution in [0.4, 0.5) is 5.69 Å². The Morgan fingerprint density at radius 3 is 2.47 bits per heavy atom. The van der Waals surface area contributed by atoms with E-state index in [-0.39, 0.29) is 10.6 Å². The van der Waals surface area contributed by atoms with Gasteiger partial charge in [-0.25, -0.2) is 8.42 Å². The third-order valence-electron chi connectivity index (χ3n) is 2.90. The average Bonchev–Trinajstić information content (AvgIpc) is 2.82. The molecule has 1 aliphatic rings. The van der Waals surface area contributed by atoms with Gasteiger partial charge in [0, 0.05) is 19.2 Å². The Bertz CT molecular complexity index is 507. The number of sulfonamides is 1. The summed E-state index contributed by atoms with van der Waals surface area (Å²) in [7, 11) is -1.92. The molecule has 0 radical (unpaired) electrons. The third kappa shape index (κ3) is 2.23. The van der Waals surface area contributed by atoms with E-state index in [9.17, 15) is 8.42 Å². The van der Waals surface area contributed by atoms with E-state index in [0.717, 1.165) is 12.8 Å². The summed E-state index contributed by atoms with van der Waals surface area (Å²) in [4.78, 5) is 0.167. The topological polar surface area (TPSA) is 72.6 Å². The highest BCUT2D eigenvalue weighted by Gasteiger charge is 2.28. The number of benzene rings is 1. The van der Waals surface area contributed by atoms with E-state index in [1.807, 2.05) is 0 Å². The van der Waals surface area contributed by atoms with Gasteiger partial charge in [-0.05, 0) is 25.0 Å². The molecule has 1 aromatic carbocycles. The van der Waals surface area contributed by atoms with Gasteiger partial charge in [-0.1, -0.05) is 0 Å². The van der Waals surface area contributed by atoms with Gasteiger partial charge >= 0.3 is 0 Å². The first kappa shape index (κ1) is 12.2. The molecule has 1 aliphatic heterocycles. The average molecular weight is 256 g/mol. The van der Waals surface area contributed by atoms with Crippen molar-refractivity contribution in [3.05, 3.63) is 18.2 Å². The molecule has 2 N–H and O–H groups in total. The van der Waals surface area contributed by atoms with Gasteiger partial charge in [0.05, 0.1) is 12.8 Å². The zero-order chi connectivity index (χ0) is 12.5. The highest BCUT2D eigenvalue weighted by Crippen LogP contribution is 2.28. The van der Waals surface area contributed by atoms with Gasteiger partial charge in [0.25, 0.3) is 0 Å². The van der Waals surface area contributed by atoms with Crippen LogP contribution in [0.2, 0.25) is 0 Å². The number of ether oxygens (including phenoxy) is 1. The molecule has 2 rings (SSSR count). The smallest absolute Gasteiger partial charge is 0.245 e. The molecule has 17 heavy (non-hydrogen) atoms. The summed E-state index contributed by atoms with van der Waals surface area (Å²) in [5.74, 6) is 0.558. The van der Waals surface area contributed by atoms with Crippen LogP contribution in [0.3, 0.4) is 0 Å². The van der Waals surface area contributed by atoms with Crippen molar-refractivity contribution in [1.82, 2.24) is 4.31 Å². The Morgan fingerprint density at radius 1 is 1.29 bits per heavy atom. The van der Waals surface area contributed by atoms with E-state index in [1.54, 1.807) is 6.07 Å². The molecule has 1 fully saturated rings. The fraction of sp³-hybridized carbons (Fsp3) is 0.455. The van der Waals surface area contributed by atoms with Crippen LogP contribution in [0.5, 0.6) is 5.75 Å². The summed E-state index contributed by atoms with van der Waals surface area (Å²) in [6, 6.07) is 4.64. The van der Waals surface area contributed by atoms with Gasteiger partial charge in [-0.15, -0.1) is 0 Å². The molecule has 0 amide bonds. The summed E-state index contributed by atoms with van der Waals surface area (Å²) >= 11 is 0. The Morgan fingerprint density at radius 2 is 1.94 bits per heavy atom. The second kappa shape index (κ2) is 4.54. The van der Waals surface area contributed by atoms with Gasteiger partial charge in [0.2, 0.25) is 10.0 Å². The Kier molecular flexibility index (Phi) is 3.26. The second-order valence-electron chi connectivity index (χ2n) is 4.01. The SMILES string of the molecule is COc1ccc(S(=O)(=O)N2CCCC2)c(N)c1. The van der Waals surface area contributed by atoms with Crippen LogP contribution in [0.1, 0.15) is 12.8 Å². The number of hydrogen-bond acceptors (Lipinski definition) is 4. The molecular weight excluding hydrogens is 240 g/mol. The van der Waals surface area contributed by atoms with E-state index in [1.165, 1.54) is 23.5 Å². The van der Waals surface area contributed by atoms with Crippen molar-refractivity contribution in [2.75, 3.05) is 25.9 Å². The standard InChI is InChI=1S/C11H16N2O3S/c1-16-9-4-5-11(10(12)8-9)17(14,15)13-6-2-3-7-13/h4-5,8H,2-3,6-7,12H2,1H3. The summed E-state index contributed by atoms with van der Waals surface area (Å²) in [5, 5.41) is 0. The molecule has 1 heterocycles. The summed E-state index contributed by atoms with van der Waals surface area (Å²) < 4.78 is 31.0. The van der Waals surface area contributed by atoms with Crippen molar-refractivity contribution < 1.29 is 13.2 Å². The molecule has 1 saturated heterocycles. The maximum atomic E-state index is 12.3. The molecule has 0 saturated carbocycles. The van der Waals surface area contributed by atoms with Crippen LogP contribution in [0, 0.1) is 0 Å². The number of anilines is 1. The van der Waals surface area contributed by atoms with E-state index in [0.29, 0.717) is 18.8 Å². The first-order valence-corrected chi connectivity index (χ1v) is 6.93. The number of rotatable bonds is 3. The molecule has 0 unspecified atom stereocenters. The minimum atomic E-state index is -3.44. The molecule has 6 heteroatoms. The number of hydrogen-bond donors (Lipinski definition) is 1. The van der Waals surface area contributed by atoms with Crippen LogP contribution in [0.25, 0.3) is 0 Å². The van der Waals surface area contributed by atoms with Crippen LogP contribution in [-0.2, 0) is 10.0 Å². The fourth-order valence-electron chi connectivity index (χ4n) is 1.96. The van der Waals surface area contributed by atoms with Crippen molar-refractivity contribution in [1.29, 1.82) is 0 Å². The highest BCUT2D eigenvalue weighted by atomic mass is 32.2. The largest absolute Gasteiger partial charge is 0.497 e. The minimum absolute atomic E-state index is 0.167. The Balaban J connectivity index is 2.39. The van der Waals surface area contributed by atoms with Gasteiger partial charge in [0.1, 0.15) is 10.6 Å². The molecule has 0 aliphatic carbocycles. The van der Waals surface area contributed by atoms with E-state index < -0.39 is 10.0 Å². The minimum Gasteiger partial charge on any atom is -0.497 e.